The topological polar surface area (TPSA) is 0 Å². The molecule has 1 rings (SSSR count). The Balaban J connectivity index is 2.33. The first-order valence-corrected chi connectivity index (χ1v) is 8.56. The van der Waals surface area contributed by atoms with Crippen molar-refractivity contribution in [3.05, 3.63) is 23.8 Å². The molecule has 0 aliphatic carbocycles. The molecule has 1 heterocycles. The zero-order chi connectivity index (χ0) is 13.1. The van der Waals surface area contributed by atoms with E-state index < -0.39 is 0 Å². The third-order valence-electron chi connectivity index (χ3n) is 3.60. The van der Waals surface area contributed by atoms with E-state index in [1.807, 2.05) is 11.9 Å². The lowest BCUT2D eigenvalue weighted by Crippen LogP contribution is -2.37. The summed E-state index contributed by atoms with van der Waals surface area (Å²) in [6.07, 6.45) is 17.8. The van der Waals surface area contributed by atoms with E-state index in [4.69, 9.17) is 0 Å². The molecule has 0 saturated carbocycles. The first-order chi connectivity index (χ1) is 8.83. The monoisotopic (exact) mass is 268 g/mol. The number of hydrogen-bond acceptors (Lipinski definition) is 1. The molecule has 0 amide bonds. The van der Waals surface area contributed by atoms with Gasteiger partial charge in [-0.3, -0.25) is 0 Å². The molecule has 0 saturated heterocycles. The lowest BCUT2D eigenvalue weighted by molar-refractivity contribution is -0.740. The fraction of sp³-hybridized carbons (Fsp3) is 0.750. The van der Waals surface area contributed by atoms with Crippen LogP contribution in [0, 0.1) is 0 Å². The van der Waals surface area contributed by atoms with Crippen LogP contribution in [0.4, 0.5) is 0 Å². The molecule has 0 N–H and O–H groups in total. The van der Waals surface area contributed by atoms with Gasteiger partial charge in [-0.1, -0.05) is 39.5 Å². The van der Waals surface area contributed by atoms with Gasteiger partial charge in [0.15, 0.2) is 0 Å². The summed E-state index contributed by atoms with van der Waals surface area (Å²) in [6, 6.07) is 0. The fourth-order valence-electron chi connectivity index (χ4n) is 2.42. The number of rotatable bonds is 10. The Morgan fingerprint density at radius 1 is 0.778 bits per heavy atom. The van der Waals surface area contributed by atoms with Crippen LogP contribution in [0.2, 0.25) is 0 Å². The van der Waals surface area contributed by atoms with Crippen LogP contribution in [-0.4, -0.2) is 17.0 Å². The normalized spacial score (nSPS) is 17.2. The lowest BCUT2D eigenvalue weighted by Gasteiger charge is -2.32. The summed E-state index contributed by atoms with van der Waals surface area (Å²) < 4.78 is 1.13. The van der Waals surface area contributed by atoms with Gasteiger partial charge in [-0.25, -0.2) is 3.89 Å². The molecule has 2 heteroatoms. The van der Waals surface area contributed by atoms with E-state index in [2.05, 4.69) is 37.6 Å². The largest absolute Gasteiger partial charge is 0.232 e. The molecule has 0 bridgehead atoms. The quantitative estimate of drug-likeness (QED) is 0.280. The van der Waals surface area contributed by atoms with E-state index in [0.29, 0.717) is 0 Å². The van der Waals surface area contributed by atoms with Crippen LogP contribution in [-0.2, 0) is 0 Å². The van der Waals surface area contributed by atoms with Gasteiger partial charge in [0.1, 0.15) is 18.1 Å². The van der Waals surface area contributed by atoms with E-state index in [1.54, 1.807) is 0 Å². The third-order valence-corrected chi connectivity index (χ3v) is 4.78. The Morgan fingerprint density at radius 2 is 1.39 bits per heavy atom. The Labute approximate surface area is 118 Å². The van der Waals surface area contributed by atoms with Crippen molar-refractivity contribution < 1.29 is 3.89 Å². The average molecular weight is 268 g/mol. The van der Waals surface area contributed by atoms with Crippen LogP contribution in [0.3, 0.4) is 0 Å². The van der Waals surface area contributed by atoms with E-state index in [9.17, 15) is 0 Å². The highest BCUT2D eigenvalue weighted by Gasteiger charge is 2.26. The van der Waals surface area contributed by atoms with Crippen molar-refractivity contribution in [2.75, 3.05) is 13.1 Å². The highest BCUT2D eigenvalue weighted by molar-refractivity contribution is 7.96. The number of allylic oxidation sites excluding steroid dienone is 2. The second-order valence-electron chi connectivity index (χ2n) is 5.30. The minimum atomic E-state index is 1.13. The smallest absolute Gasteiger partial charge is 0.109 e. The summed E-state index contributed by atoms with van der Waals surface area (Å²) in [6.45, 7) is 7.18. The second-order valence-corrected chi connectivity index (χ2v) is 6.51. The van der Waals surface area contributed by atoms with Crippen molar-refractivity contribution in [2.45, 2.75) is 65.2 Å². The third kappa shape index (κ3) is 6.10. The molecular weight excluding hydrogens is 238 g/mol. The predicted octanol–water partition coefficient (Wildman–Crippen LogP) is 5.65. The first kappa shape index (κ1) is 15.8. The highest BCUT2D eigenvalue weighted by Crippen LogP contribution is 2.30. The van der Waals surface area contributed by atoms with Crippen molar-refractivity contribution in [3.8, 4) is 0 Å². The predicted molar refractivity (Wildman–Crippen MR) is 84.1 cm³/mol. The molecule has 0 unspecified atom stereocenters. The van der Waals surface area contributed by atoms with Gasteiger partial charge in [-0.05, 0) is 37.8 Å². The minimum Gasteiger partial charge on any atom is -0.232 e. The second kappa shape index (κ2) is 9.69. The Kier molecular flexibility index (Phi) is 8.53. The van der Waals surface area contributed by atoms with Crippen molar-refractivity contribution in [1.82, 2.24) is 0 Å². The zero-order valence-corrected chi connectivity index (χ0v) is 13.1. The molecule has 0 fully saturated rings. The maximum absolute atomic E-state index is 2.41. The van der Waals surface area contributed by atoms with Crippen LogP contribution in [0.15, 0.2) is 23.8 Å². The van der Waals surface area contributed by atoms with Crippen LogP contribution >= 0.6 is 11.9 Å². The Hall–Kier alpha value is -0.210. The average Bonchev–Trinajstić information content (AvgIpc) is 2.41. The highest BCUT2D eigenvalue weighted by atomic mass is 32.2. The molecule has 0 atom stereocenters. The molecule has 0 aromatic carbocycles. The standard InChI is InChI=1S/C16H30NS/c1-3-5-7-9-13-17(14-10-8-6-4-2)15-11-12-16-18-17/h11-12,15-16H,3-10,13-14H2,1-2H3/q+1. The lowest BCUT2D eigenvalue weighted by atomic mass is 10.1. The molecular formula is C16H30NS+. The van der Waals surface area contributed by atoms with Crippen LogP contribution in [0.5, 0.6) is 0 Å². The van der Waals surface area contributed by atoms with Gasteiger partial charge >= 0.3 is 0 Å². The van der Waals surface area contributed by atoms with Crippen LogP contribution < -0.4 is 0 Å². The van der Waals surface area contributed by atoms with E-state index in [0.717, 1.165) is 3.89 Å². The fourth-order valence-corrected chi connectivity index (χ4v) is 3.44. The summed E-state index contributed by atoms with van der Waals surface area (Å²) in [5, 5.41) is 2.26. The van der Waals surface area contributed by atoms with Crippen molar-refractivity contribution in [2.24, 2.45) is 0 Å². The summed E-state index contributed by atoms with van der Waals surface area (Å²) in [5.41, 5.74) is 0. The number of unbranched alkanes of at least 4 members (excludes halogenated alkanes) is 6. The van der Waals surface area contributed by atoms with Gasteiger partial charge in [0.2, 0.25) is 0 Å². The number of hydrogen-bond donors (Lipinski definition) is 0. The van der Waals surface area contributed by atoms with Gasteiger partial charge in [0.25, 0.3) is 0 Å². The van der Waals surface area contributed by atoms with E-state index >= 15 is 0 Å². The summed E-state index contributed by atoms with van der Waals surface area (Å²) in [5.74, 6) is 0. The summed E-state index contributed by atoms with van der Waals surface area (Å²) >= 11 is 2.00. The molecule has 1 aliphatic rings. The van der Waals surface area contributed by atoms with Crippen LogP contribution in [0.25, 0.3) is 0 Å². The van der Waals surface area contributed by atoms with Gasteiger partial charge < -0.3 is 0 Å². The van der Waals surface area contributed by atoms with Gasteiger partial charge in [-0.15, -0.1) is 0 Å². The van der Waals surface area contributed by atoms with Crippen molar-refractivity contribution in [1.29, 1.82) is 0 Å². The summed E-state index contributed by atoms with van der Waals surface area (Å²) in [7, 11) is 0. The maximum Gasteiger partial charge on any atom is 0.109 e. The SMILES string of the molecule is CCCCCC[N+]1(CCCCCC)C=CC=CS1. The molecule has 1 aliphatic heterocycles. The maximum atomic E-state index is 2.41. The van der Waals surface area contributed by atoms with E-state index in [1.165, 1.54) is 64.5 Å². The van der Waals surface area contributed by atoms with Gasteiger partial charge in [0, 0.05) is 5.41 Å². The zero-order valence-electron chi connectivity index (χ0n) is 12.2. The molecule has 0 spiro atoms. The molecule has 0 aromatic heterocycles. The Bertz CT molecular complexity index is 246. The molecule has 0 radical (unpaired) electrons. The van der Waals surface area contributed by atoms with Crippen molar-refractivity contribution >= 4 is 11.9 Å². The Morgan fingerprint density at radius 3 is 1.83 bits per heavy atom. The molecule has 1 nitrogen and oxygen atoms in total. The summed E-state index contributed by atoms with van der Waals surface area (Å²) in [4.78, 5) is 0. The number of quaternary nitrogens is 1. The molecule has 18 heavy (non-hydrogen) atoms. The minimum absolute atomic E-state index is 1.13. The molecule has 104 valence electrons. The van der Waals surface area contributed by atoms with Gasteiger partial charge in [0.05, 0.1) is 13.1 Å². The van der Waals surface area contributed by atoms with Gasteiger partial charge in [-0.2, -0.15) is 0 Å². The van der Waals surface area contributed by atoms with E-state index in [-0.39, 0.29) is 0 Å². The first-order valence-electron chi connectivity index (χ1n) is 7.72. The molecule has 0 aromatic rings. The van der Waals surface area contributed by atoms with Crippen molar-refractivity contribution in [3.63, 3.8) is 0 Å². The van der Waals surface area contributed by atoms with Crippen LogP contribution in [0.1, 0.15) is 65.2 Å². The number of nitrogens with zero attached hydrogens (tertiary/aromatic N) is 1.